The van der Waals surface area contributed by atoms with Crippen molar-refractivity contribution >= 4 is 41.4 Å². The number of nitrogens with one attached hydrogen (secondary N) is 2. The lowest BCUT2D eigenvalue weighted by Gasteiger charge is -2.26. The number of rotatable bonds is 9. The van der Waals surface area contributed by atoms with Crippen molar-refractivity contribution in [2.45, 2.75) is 85.1 Å². The molecule has 0 spiro atoms. The molecule has 11 nitrogen and oxygen atoms in total. The van der Waals surface area contributed by atoms with Gasteiger partial charge in [0.05, 0.1) is 24.2 Å². The second-order valence-corrected chi connectivity index (χ2v) is 13.0. The number of hydrogen-bond donors (Lipinski definition) is 2. The molecular formula is C35H47ClN4O7. The fourth-order valence-corrected chi connectivity index (χ4v) is 5.13. The third-order valence-electron chi connectivity index (χ3n) is 7.72. The number of amides is 2. The van der Waals surface area contributed by atoms with Crippen molar-refractivity contribution in [3.05, 3.63) is 65.0 Å². The lowest BCUT2D eigenvalue weighted by Crippen LogP contribution is -2.49. The second-order valence-electron chi connectivity index (χ2n) is 12.6. The van der Waals surface area contributed by atoms with Crippen LogP contribution in [-0.4, -0.2) is 65.4 Å². The molecule has 0 saturated carbocycles. The molecule has 47 heavy (non-hydrogen) atoms. The van der Waals surface area contributed by atoms with Crippen molar-refractivity contribution in [2.75, 3.05) is 13.7 Å². The number of cyclic esters (lactones) is 2. The predicted octanol–water partition coefficient (Wildman–Crippen LogP) is 5.08. The summed E-state index contributed by atoms with van der Waals surface area (Å²) >= 11 is 6.30. The maximum atomic E-state index is 13.4. The van der Waals surface area contributed by atoms with E-state index >= 15 is 0 Å². The van der Waals surface area contributed by atoms with E-state index in [2.05, 4.69) is 15.7 Å². The molecule has 1 aromatic heterocycles. The summed E-state index contributed by atoms with van der Waals surface area (Å²) in [6.45, 7) is 11.3. The van der Waals surface area contributed by atoms with Crippen molar-refractivity contribution in [1.82, 2.24) is 20.4 Å². The highest BCUT2D eigenvalue weighted by molar-refractivity contribution is 6.32. The topological polar surface area (TPSA) is 138 Å². The maximum absolute atomic E-state index is 13.4. The number of nitrogens with zero attached hydrogens (tertiary/aromatic N) is 2. The first kappa shape index (κ1) is 37.3. The summed E-state index contributed by atoms with van der Waals surface area (Å²) < 4.78 is 18.7. The molecule has 2 amide bonds. The van der Waals surface area contributed by atoms with Gasteiger partial charge in [-0.1, -0.05) is 63.6 Å². The number of benzene rings is 1. The van der Waals surface area contributed by atoms with Gasteiger partial charge in [-0.2, -0.15) is 5.10 Å². The summed E-state index contributed by atoms with van der Waals surface area (Å²) in [6, 6.07) is 4.36. The van der Waals surface area contributed by atoms with Crippen LogP contribution >= 0.6 is 11.6 Å². The number of ether oxygens (including phenoxy) is 3. The highest BCUT2D eigenvalue weighted by atomic mass is 35.5. The monoisotopic (exact) mass is 670 g/mol. The van der Waals surface area contributed by atoms with Crippen LogP contribution < -0.4 is 15.4 Å². The van der Waals surface area contributed by atoms with Crippen LogP contribution in [0.5, 0.6) is 5.75 Å². The molecule has 0 fully saturated rings. The lowest BCUT2D eigenvalue weighted by atomic mass is 9.99. The van der Waals surface area contributed by atoms with Crippen LogP contribution in [0.1, 0.15) is 71.6 Å². The first-order chi connectivity index (χ1) is 22.3. The molecule has 12 heteroatoms. The zero-order valence-corrected chi connectivity index (χ0v) is 29.0. The summed E-state index contributed by atoms with van der Waals surface area (Å²) in [5, 5.41) is 10.2. The van der Waals surface area contributed by atoms with Crippen LogP contribution in [0, 0.1) is 17.8 Å². The standard InChI is InChI=1S/C35H47ClN4O7/c1-21(2)15-31-35(44)46-29(23(5)11-12-26-19-38-40(20-26)22(3)4)9-8-10-32(41)39-28(33(42)37-18-24(6)34(43)47-31)17-25-13-14-30(45-7)27(36)16-25/h8,10-14,16,19-24,28-29,31H,9,15,17-18H2,1-7H3,(H,37,42)(H,39,41)/b10-8+,12-11+/t23-,24-,28-,29+,31+/m1/s1. The quantitative estimate of drug-likeness (QED) is 0.352. The summed E-state index contributed by atoms with van der Waals surface area (Å²) in [4.78, 5) is 52.9. The Balaban J connectivity index is 1.90. The van der Waals surface area contributed by atoms with Gasteiger partial charge in [0.2, 0.25) is 11.8 Å². The van der Waals surface area contributed by atoms with Crippen molar-refractivity contribution in [3.63, 3.8) is 0 Å². The van der Waals surface area contributed by atoms with Gasteiger partial charge >= 0.3 is 11.9 Å². The molecule has 5 atom stereocenters. The van der Waals surface area contributed by atoms with Gasteiger partial charge in [0, 0.05) is 43.1 Å². The van der Waals surface area contributed by atoms with Gasteiger partial charge in [-0.25, -0.2) is 4.79 Å². The largest absolute Gasteiger partial charge is 0.495 e. The average Bonchev–Trinajstić information content (AvgIpc) is 3.50. The zero-order chi connectivity index (χ0) is 34.7. The first-order valence-corrected chi connectivity index (χ1v) is 16.4. The zero-order valence-electron chi connectivity index (χ0n) is 28.2. The molecule has 0 aliphatic carbocycles. The number of carbonyl (C=O) groups excluding carboxylic acids is 4. The van der Waals surface area contributed by atoms with E-state index in [4.69, 9.17) is 25.8 Å². The van der Waals surface area contributed by atoms with Gasteiger partial charge in [0.15, 0.2) is 6.10 Å². The van der Waals surface area contributed by atoms with Crippen LogP contribution in [0.3, 0.4) is 0 Å². The highest BCUT2D eigenvalue weighted by Gasteiger charge is 2.32. The van der Waals surface area contributed by atoms with E-state index < -0.39 is 47.9 Å². The molecule has 1 aliphatic rings. The molecule has 0 saturated heterocycles. The summed E-state index contributed by atoms with van der Waals surface area (Å²) in [7, 11) is 1.50. The van der Waals surface area contributed by atoms with Crippen LogP contribution in [0.25, 0.3) is 6.08 Å². The normalized spacial score (nSPS) is 23.3. The summed E-state index contributed by atoms with van der Waals surface area (Å²) in [5.74, 6) is -2.83. The molecule has 0 radical (unpaired) electrons. The van der Waals surface area contributed by atoms with Gasteiger partial charge in [-0.15, -0.1) is 0 Å². The van der Waals surface area contributed by atoms with Crippen molar-refractivity contribution in [3.8, 4) is 5.75 Å². The SMILES string of the molecule is COc1ccc(C[C@H]2NC(=O)/C=C/C[C@@H]([C@H](C)/C=C/c3cnn(C(C)C)c3)OC(=O)[C@H](CC(C)C)OC(=O)[C@H](C)CNC2=O)cc1Cl. The van der Waals surface area contributed by atoms with Crippen LogP contribution in [-0.2, 0) is 35.1 Å². The van der Waals surface area contributed by atoms with Crippen LogP contribution in [0.15, 0.2) is 48.8 Å². The lowest BCUT2D eigenvalue weighted by molar-refractivity contribution is -0.175. The fraction of sp³-hybridized carbons (Fsp3) is 0.514. The summed E-state index contributed by atoms with van der Waals surface area (Å²) in [6.07, 6.45) is 9.22. The number of hydrogen-bond acceptors (Lipinski definition) is 8. The van der Waals surface area contributed by atoms with Gasteiger partial charge in [-0.3, -0.25) is 19.1 Å². The minimum atomic E-state index is -1.13. The third-order valence-corrected chi connectivity index (χ3v) is 8.01. The Bertz CT molecular complexity index is 1450. The van der Waals surface area contributed by atoms with Crippen molar-refractivity contribution in [1.29, 1.82) is 0 Å². The van der Waals surface area contributed by atoms with E-state index in [1.807, 2.05) is 57.6 Å². The molecule has 0 bridgehead atoms. The Morgan fingerprint density at radius 3 is 2.49 bits per heavy atom. The molecule has 1 aliphatic heterocycles. The molecular weight excluding hydrogens is 624 g/mol. The van der Waals surface area contributed by atoms with E-state index in [0.717, 1.165) is 5.56 Å². The highest BCUT2D eigenvalue weighted by Crippen LogP contribution is 2.26. The van der Waals surface area contributed by atoms with Crippen LogP contribution in [0.2, 0.25) is 5.02 Å². The van der Waals surface area contributed by atoms with Gasteiger partial charge in [-0.05, 0) is 50.0 Å². The molecule has 1 aromatic carbocycles. The first-order valence-electron chi connectivity index (χ1n) is 16.0. The minimum absolute atomic E-state index is 0.0324. The molecule has 2 aromatic rings. The van der Waals surface area contributed by atoms with E-state index in [1.165, 1.54) is 13.2 Å². The second kappa shape index (κ2) is 17.7. The van der Waals surface area contributed by atoms with Gasteiger partial charge < -0.3 is 24.8 Å². The molecule has 256 valence electrons. The average molecular weight is 671 g/mol. The van der Waals surface area contributed by atoms with Crippen molar-refractivity contribution in [2.24, 2.45) is 17.8 Å². The Morgan fingerprint density at radius 2 is 1.85 bits per heavy atom. The molecule has 3 rings (SSSR count). The van der Waals surface area contributed by atoms with Crippen LogP contribution in [0.4, 0.5) is 0 Å². The maximum Gasteiger partial charge on any atom is 0.347 e. The fourth-order valence-electron chi connectivity index (χ4n) is 4.85. The molecule has 2 N–H and O–H groups in total. The Kier molecular flexibility index (Phi) is 14.1. The molecule has 0 unspecified atom stereocenters. The van der Waals surface area contributed by atoms with Gasteiger partial charge in [0.25, 0.3) is 0 Å². The minimum Gasteiger partial charge on any atom is -0.495 e. The predicted molar refractivity (Wildman–Crippen MR) is 180 cm³/mol. The Morgan fingerprint density at radius 1 is 1.11 bits per heavy atom. The van der Waals surface area contributed by atoms with E-state index in [0.29, 0.717) is 16.3 Å². The number of esters is 2. The Hall–Kier alpha value is -4.12. The van der Waals surface area contributed by atoms with E-state index in [1.54, 1.807) is 37.4 Å². The van der Waals surface area contributed by atoms with Gasteiger partial charge in [0.1, 0.15) is 17.9 Å². The molecule has 2 heterocycles. The number of carbonyl (C=O) groups is 4. The number of methoxy groups -OCH3 is 1. The summed E-state index contributed by atoms with van der Waals surface area (Å²) in [5.41, 5.74) is 1.59. The number of aromatic nitrogens is 2. The van der Waals surface area contributed by atoms with E-state index in [9.17, 15) is 19.2 Å². The van der Waals surface area contributed by atoms with E-state index in [-0.39, 0.29) is 43.7 Å². The Labute approximate surface area is 282 Å². The number of halogens is 1. The third kappa shape index (κ3) is 11.6. The smallest absolute Gasteiger partial charge is 0.347 e. The van der Waals surface area contributed by atoms with Crippen molar-refractivity contribution < 1.29 is 33.4 Å².